The second kappa shape index (κ2) is 1.99. The number of hydrogen-bond acceptors (Lipinski definition) is 2. The molecule has 2 N–H and O–H groups in total. The van der Waals surface area contributed by atoms with Crippen LogP contribution in [0, 0.1) is 0 Å². The smallest absolute Gasteiger partial charge is 0.109 e. The van der Waals surface area contributed by atoms with Gasteiger partial charge in [0.15, 0.2) is 0 Å². The van der Waals surface area contributed by atoms with Crippen LogP contribution < -0.4 is 5.32 Å². The first kappa shape index (κ1) is 5.35. The Kier molecular flexibility index (Phi) is 1.52. The molecule has 2 nitrogen and oxygen atoms in total. The molecule has 0 spiro atoms. The summed E-state index contributed by atoms with van der Waals surface area (Å²) in [5.41, 5.74) is -0.208. The Hall–Kier alpha value is 0.210. The minimum Gasteiger partial charge on any atom is -0.390 e. The Balaban J connectivity index is 2.33. The third-order valence-corrected chi connectivity index (χ3v) is 1.56. The third-order valence-electron chi connectivity index (χ3n) is 1.12. The third kappa shape index (κ3) is 1.06. The molecule has 0 saturated carbocycles. The standard InChI is InChI=1S/C4H8ClNO/c5-4-3(7)1-2-6-4/h3-4,6-7H,1-2H2. The van der Waals surface area contributed by atoms with Crippen LogP contribution in [0.1, 0.15) is 6.42 Å². The van der Waals surface area contributed by atoms with E-state index in [1.165, 1.54) is 0 Å². The van der Waals surface area contributed by atoms with Crippen LogP contribution in [-0.2, 0) is 0 Å². The van der Waals surface area contributed by atoms with Crippen molar-refractivity contribution >= 4 is 11.6 Å². The summed E-state index contributed by atoms with van der Waals surface area (Å²) in [6.07, 6.45) is 0.454. The fourth-order valence-corrected chi connectivity index (χ4v) is 0.887. The van der Waals surface area contributed by atoms with Gasteiger partial charge in [0.2, 0.25) is 0 Å². The van der Waals surface area contributed by atoms with Gasteiger partial charge in [-0.05, 0) is 13.0 Å². The van der Waals surface area contributed by atoms with E-state index >= 15 is 0 Å². The van der Waals surface area contributed by atoms with Crippen LogP contribution in [0.4, 0.5) is 0 Å². The van der Waals surface area contributed by atoms with Crippen LogP contribution in [0.3, 0.4) is 0 Å². The molecule has 1 heterocycles. The normalized spacial score (nSPS) is 42.0. The first-order valence-electron chi connectivity index (χ1n) is 2.36. The van der Waals surface area contributed by atoms with Crippen LogP contribution in [-0.4, -0.2) is 23.3 Å². The zero-order chi connectivity index (χ0) is 5.28. The molecule has 1 fully saturated rings. The maximum atomic E-state index is 8.80. The van der Waals surface area contributed by atoms with E-state index in [0.717, 1.165) is 13.0 Å². The Labute approximate surface area is 47.5 Å². The van der Waals surface area contributed by atoms with Crippen molar-refractivity contribution < 1.29 is 5.11 Å². The number of halogens is 1. The zero-order valence-electron chi connectivity index (χ0n) is 3.89. The van der Waals surface area contributed by atoms with Crippen molar-refractivity contribution in [2.24, 2.45) is 0 Å². The molecule has 7 heavy (non-hydrogen) atoms. The highest BCUT2D eigenvalue weighted by Gasteiger charge is 2.20. The molecule has 0 radical (unpaired) electrons. The molecule has 0 aromatic rings. The van der Waals surface area contributed by atoms with Crippen molar-refractivity contribution in [2.45, 2.75) is 18.0 Å². The summed E-state index contributed by atoms with van der Waals surface area (Å²) in [6, 6.07) is 0. The van der Waals surface area contributed by atoms with E-state index in [9.17, 15) is 0 Å². The van der Waals surface area contributed by atoms with Crippen molar-refractivity contribution in [1.29, 1.82) is 0 Å². The quantitative estimate of drug-likeness (QED) is 0.347. The number of alkyl halides is 1. The van der Waals surface area contributed by atoms with Gasteiger partial charge in [-0.3, -0.25) is 5.32 Å². The first-order valence-corrected chi connectivity index (χ1v) is 2.80. The minimum absolute atomic E-state index is 0.208. The van der Waals surface area contributed by atoms with E-state index in [2.05, 4.69) is 5.32 Å². The second-order valence-electron chi connectivity index (χ2n) is 1.71. The van der Waals surface area contributed by atoms with Gasteiger partial charge in [-0.15, -0.1) is 11.6 Å². The zero-order valence-corrected chi connectivity index (χ0v) is 4.65. The summed E-state index contributed by atoms with van der Waals surface area (Å²) in [5, 5.41) is 11.7. The first-order chi connectivity index (χ1) is 3.30. The van der Waals surface area contributed by atoms with Crippen LogP contribution in [0.15, 0.2) is 0 Å². The summed E-state index contributed by atoms with van der Waals surface area (Å²) in [4.78, 5) is 0. The van der Waals surface area contributed by atoms with Crippen LogP contribution >= 0.6 is 11.6 Å². The van der Waals surface area contributed by atoms with Crippen molar-refractivity contribution in [1.82, 2.24) is 5.32 Å². The van der Waals surface area contributed by atoms with Crippen molar-refractivity contribution in [3.63, 3.8) is 0 Å². The highest BCUT2D eigenvalue weighted by molar-refractivity contribution is 6.20. The molecular formula is C4H8ClNO. The van der Waals surface area contributed by atoms with E-state index in [0.29, 0.717) is 0 Å². The lowest BCUT2D eigenvalue weighted by Crippen LogP contribution is -2.22. The maximum Gasteiger partial charge on any atom is 0.109 e. The fourth-order valence-electron chi connectivity index (χ4n) is 0.651. The number of rotatable bonds is 0. The predicted molar refractivity (Wildman–Crippen MR) is 28.3 cm³/mol. The molecule has 2 unspecified atom stereocenters. The molecule has 1 saturated heterocycles. The highest BCUT2D eigenvalue weighted by atomic mass is 35.5. The lowest BCUT2D eigenvalue weighted by atomic mass is 10.3. The van der Waals surface area contributed by atoms with Crippen molar-refractivity contribution in [3.8, 4) is 0 Å². The molecule has 0 aromatic carbocycles. The van der Waals surface area contributed by atoms with Gasteiger partial charge in [-0.25, -0.2) is 0 Å². The monoisotopic (exact) mass is 121 g/mol. The second-order valence-corrected chi connectivity index (χ2v) is 2.18. The van der Waals surface area contributed by atoms with Gasteiger partial charge in [0, 0.05) is 0 Å². The average Bonchev–Trinajstić information content (AvgIpc) is 1.91. The van der Waals surface area contributed by atoms with Gasteiger partial charge in [0.1, 0.15) is 5.50 Å². The number of nitrogens with one attached hydrogen (secondary N) is 1. The number of hydrogen-bond donors (Lipinski definition) is 2. The van der Waals surface area contributed by atoms with E-state index in [-0.39, 0.29) is 11.6 Å². The van der Waals surface area contributed by atoms with E-state index in [1.54, 1.807) is 0 Å². The van der Waals surface area contributed by atoms with Crippen LogP contribution in [0.25, 0.3) is 0 Å². The minimum atomic E-state index is -0.332. The summed E-state index contributed by atoms with van der Waals surface area (Å²) >= 11 is 5.50. The Morgan fingerprint density at radius 2 is 2.43 bits per heavy atom. The SMILES string of the molecule is OC1CCNC1Cl. The van der Waals surface area contributed by atoms with Crippen molar-refractivity contribution in [3.05, 3.63) is 0 Å². The van der Waals surface area contributed by atoms with Crippen molar-refractivity contribution in [2.75, 3.05) is 6.54 Å². The Morgan fingerprint density at radius 3 is 2.57 bits per heavy atom. The molecule has 1 rings (SSSR count). The lowest BCUT2D eigenvalue weighted by molar-refractivity contribution is 0.185. The van der Waals surface area contributed by atoms with Gasteiger partial charge in [0.05, 0.1) is 6.10 Å². The summed E-state index contributed by atoms with van der Waals surface area (Å²) in [5.74, 6) is 0. The topological polar surface area (TPSA) is 32.3 Å². The number of aliphatic hydroxyl groups is 1. The van der Waals surface area contributed by atoms with E-state index in [4.69, 9.17) is 16.7 Å². The van der Waals surface area contributed by atoms with Crippen LogP contribution in [0.2, 0.25) is 0 Å². The molecule has 0 aromatic heterocycles. The molecule has 0 aliphatic carbocycles. The van der Waals surface area contributed by atoms with Gasteiger partial charge < -0.3 is 5.11 Å². The molecular weight excluding hydrogens is 114 g/mol. The largest absolute Gasteiger partial charge is 0.390 e. The molecule has 1 aliphatic rings. The molecule has 1 aliphatic heterocycles. The van der Waals surface area contributed by atoms with E-state index in [1.807, 2.05) is 0 Å². The van der Waals surface area contributed by atoms with Gasteiger partial charge >= 0.3 is 0 Å². The van der Waals surface area contributed by atoms with Gasteiger partial charge in [0.25, 0.3) is 0 Å². The molecule has 42 valence electrons. The van der Waals surface area contributed by atoms with Crippen LogP contribution in [0.5, 0.6) is 0 Å². The highest BCUT2D eigenvalue weighted by Crippen LogP contribution is 2.08. The molecule has 0 amide bonds. The molecule has 2 atom stereocenters. The Morgan fingerprint density at radius 1 is 1.71 bits per heavy atom. The van der Waals surface area contributed by atoms with Gasteiger partial charge in [-0.2, -0.15) is 0 Å². The average molecular weight is 122 g/mol. The molecule has 0 bridgehead atoms. The molecule has 3 heteroatoms. The predicted octanol–water partition coefficient (Wildman–Crippen LogP) is -0.0945. The summed E-state index contributed by atoms with van der Waals surface area (Å²) in [6.45, 7) is 0.843. The summed E-state index contributed by atoms with van der Waals surface area (Å²) < 4.78 is 0. The summed E-state index contributed by atoms with van der Waals surface area (Å²) in [7, 11) is 0. The maximum absolute atomic E-state index is 8.80. The fraction of sp³-hybridized carbons (Fsp3) is 1.00. The Bertz CT molecular complexity index is 60.7. The lowest BCUT2D eigenvalue weighted by Gasteiger charge is -2.02. The van der Waals surface area contributed by atoms with E-state index < -0.39 is 0 Å². The van der Waals surface area contributed by atoms with Gasteiger partial charge in [-0.1, -0.05) is 0 Å². The number of aliphatic hydroxyl groups excluding tert-OH is 1.